The van der Waals surface area contributed by atoms with Crippen LogP contribution in [-0.2, 0) is 0 Å². The van der Waals surface area contributed by atoms with E-state index < -0.39 is 0 Å². The lowest BCUT2D eigenvalue weighted by Gasteiger charge is -1.98. The van der Waals surface area contributed by atoms with E-state index in [2.05, 4.69) is 15.2 Å². The van der Waals surface area contributed by atoms with E-state index in [9.17, 15) is 0 Å². The molecule has 0 bridgehead atoms. The van der Waals surface area contributed by atoms with Crippen molar-refractivity contribution < 1.29 is 4.98 Å². The Balaban J connectivity index is 2.97. The summed E-state index contributed by atoms with van der Waals surface area (Å²) in [5.41, 5.74) is 8.31. The Hall–Kier alpha value is -1.29. The molecule has 0 amide bonds. The molecule has 2 rings (SSSR count). The summed E-state index contributed by atoms with van der Waals surface area (Å²) in [6.45, 7) is 3.83. The van der Waals surface area contributed by atoms with Crippen LogP contribution in [0.25, 0.3) is 11.0 Å². The van der Waals surface area contributed by atoms with Gasteiger partial charge < -0.3 is 5.73 Å². The number of halogens is 1. The molecule has 0 radical (unpaired) electrons. The third-order valence-electron chi connectivity index (χ3n) is 2.13. The van der Waals surface area contributed by atoms with Gasteiger partial charge in [0.15, 0.2) is 5.82 Å². The molecule has 0 atom stereocenters. The van der Waals surface area contributed by atoms with Crippen LogP contribution in [0.4, 0.5) is 5.82 Å². The van der Waals surface area contributed by atoms with Crippen LogP contribution in [0, 0.1) is 13.8 Å². The molecule has 0 saturated heterocycles. The Morgan fingerprint density at radius 1 is 1.46 bits per heavy atom. The molecule has 2 aromatic heterocycles. The van der Waals surface area contributed by atoms with Crippen molar-refractivity contribution in [1.82, 2.24) is 10.2 Å². The molecule has 2 heterocycles. The number of hydrogen-bond donors (Lipinski definition) is 2. The van der Waals surface area contributed by atoms with E-state index in [1.165, 1.54) is 0 Å². The molecule has 0 saturated carbocycles. The van der Waals surface area contributed by atoms with E-state index >= 15 is 0 Å². The second kappa shape index (κ2) is 2.60. The van der Waals surface area contributed by atoms with E-state index in [-0.39, 0.29) is 0 Å². The summed E-state index contributed by atoms with van der Waals surface area (Å²) in [5.74, 6) is 0.547. The number of aromatic nitrogens is 3. The molecule has 0 fully saturated rings. The van der Waals surface area contributed by atoms with Crippen molar-refractivity contribution in [2.24, 2.45) is 0 Å². The van der Waals surface area contributed by atoms with E-state index in [1.54, 1.807) is 0 Å². The lowest BCUT2D eigenvalue weighted by Crippen LogP contribution is -2.10. The Kier molecular flexibility index (Phi) is 1.66. The number of pyridine rings is 1. The number of aromatic amines is 2. The van der Waals surface area contributed by atoms with E-state index in [0.29, 0.717) is 10.8 Å². The zero-order chi connectivity index (χ0) is 9.59. The van der Waals surface area contributed by atoms with Gasteiger partial charge in [-0.15, -0.1) is 0 Å². The second-order valence-electron chi connectivity index (χ2n) is 3.05. The monoisotopic (exact) mass is 197 g/mol. The van der Waals surface area contributed by atoms with Crippen molar-refractivity contribution >= 4 is 28.5 Å². The molecule has 0 aliphatic rings. The predicted octanol–water partition coefficient (Wildman–Crippen LogP) is 1.23. The second-order valence-corrected chi connectivity index (χ2v) is 3.43. The average Bonchev–Trinajstić information content (AvgIpc) is 2.43. The van der Waals surface area contributed by atoms with Crippen LogP contribution in [0.5, 0.6) is 0 Å². The van der Waals surface area contributed by atoms with Gasteiger partial charge in [0, 0.05) is 0 Å². The number of anilines is 1. The zero-order valence-electron chi connectivity index (χ0n) is 7.40. The van der Waals surface area contributed by atoms with Crippen LogP contribution in [0.1, 0.15) is 11.3 Å². The van der Waals surface area contributed by atoms with Gasteiger partial charge in [-0.2, -0.15) is 5.10 Å². The van der Waals surface area contributed by atoms with Crippen LogP contribution in [0.15, 0.2) is 0 Å². The summed E-state index contributed by atoms with van der Waals surface area (Å²) in [6, 6.07) is 0. The minimum atomic E-state index is 0.547. The van der Waals surface area contributed by atoms with Gasteiger partial charge in [0.1, 0.15) is 11.1 Å². The fourth-order valence-electron chi connectivity index (χ4n) is 1.45. The molecular weight excluding hydrogens is 188 g/mol. The smallest absolute Gasteiger partial charge is 0.357 e. The first kappa shape index (κ1) is 8.31. The number of hydrogen-bond acceptors (Lipinski definition) is 2. The summed E-state index contributed by atoms with van der Waals surface area (Å²) >= 11 is 6.06. The van der Waals surface area contributed by atoms with Crippen LogP contribution in [-0.4, -0.2) is 10.2 Å². The number of rotatable bonds is 0. The fraction of sp³-hybridized carbons (Fsp3) is 0.250. The number of nitrogens with one attached hydrogen (secondary N) is 2. The SMILES string of the molecule is Cc1[nH+]c2n[nH]c(N)c2c(C)c1Cl. The van der Waals surface area contributed by atoms with Gasteiger partial charge >= 0.3 is 5.65 Å². The van der Waals surface area contributed by atoms with Crippen LogP contribution in [0.2, 0.25) is 5.02 Å². The molecule has 0 aliphatic heterocycles. The highest BCUT2D eigenvalue weighted by molar-refractivity contribution is 6.32. The van der Waals surface area contributed by atoms with Crippen molar-refractivity contribution in [3.63, 3.8) is 0 Å². The Bertz CT molecular complexity index is 474. The number of nitrogen functional groups attached to an aromatic ring is 1. The Morgan fingerprint density at radius 3 is 2.85 bits per heavy atom. The van der Waals surface area contributed by atoms with Crippen molar-refractivity contribution in [3.8, 4) is 0 Å². The number of H-pyrrole nitrogens is 2. The Labute approximate surface area is 80.1 Å². The lowest BCUT2D eigenvalue weighted by molar-refractivity contribution is -0.357. The number of nitrogens with zero attached hydrogens (tertiary/aromatic N) is 1. The predicted molar refractivity (Wildman–Crippen MR) is 51.5 cm³/mol. The van der Waals surface area contributed by atoms with Gasteiger partial charge in [0.05, 0.1) is 10.1 Å². The lowest BCUT2D eigenvalue weighted by atomic mass is 10.2. The van der Waals surface area contributed by atoms with Gasteiger partial charge in [-0.3, -0.25) is 0 Å². The molecule has 68 valence electrons. The number of aryl methyl sites for hydroxylation is 2. The zero-order valence-corrected chi connectivity index (χ0v) is 8.16. The maximum absolute atomic E-state index is 6.06. The molecule has 4 N–H and O–H groups in total. The highest BCUT2D eigenvalue weighted by atomic mass is 35.5. The maximum atomic E-state index is 6.06. The Morgan fingerprint density at radius 2 is 2.15 bits per heavy atom. The summed E-state index contributed by atoms with van der Waals surface area (Å²) in [4.78, 5) is 3.07. The molecule has 0 aromatic carbocycles. The van der Waals surface area contributed by atoms with Crippen molar-refractivity contribution in [2.45, 2.75) is 13.8 Å². The van der Waals surface area contributed by atoms with Gasteiger partial charge in [0.25, 0.3) is 0 Å². The highest BCUT2D eigenvalue weighted by Gasteiger charge is 2.17. The average molecular weight is 198 g/mol. The first-order valence-electron chi connectivity index (χ1n) is 3.92. The van der Waals surface area contributed by atoms with Crippen molar-refractivity contribution in [1.29, 1.82) is 0 Å². The van der Waals surface area contributed by atoms with Crippen LogP contribution in [0.3, 0.4) is 0 Å². The molecule has 5 heteroatoms. The summed E-state index contributed by atoms with van der Waals surface area (Å²) in [5, 5.41) is 8.31. The molecule has 0 unspecified atom stereocenters. The highest BCUT2D eigenvalue weighted by Crippen LogP contribution is 2.26. The standard InChI is InChI=1S/C8H9ClN4/c1-3-5-7(10)12-13-8(5)11-4(2)6(3)9/h1-2H3,(H3,10,11,12,13)/p+1. The van der Waals surface area contributed by atoms with Crippen LogP contribution >= 0.6 is 11.6 Å². The van der Waals surface area contributed by atoms with E-state index in [1.807, 2.05) is 13.8 Å². The van der Waals surface area contributed by atoms with Gasteiger partial charge in [-0.25, -0.2) is 4.98 Å². The molecule has 2 aromatic rings. The van der Waals surface area contributed by atoms with Crippen LogP contribution < -0.4 is 10.7 Å². The largest absolute Gasteiger partial charge is 0.382 e. The van der Waals surface area contributed by atoms with E-state index in [4.69, 9.17) is 17.3 Å². The third kappa shape index (κ3) is 1.06. The van der Waals surface area contributed by atoms with Gasteiger partial charge in [-0.1, -0.05) is 11.6 Å². The summed E-state index contributed by atoms with van der Waals surface area (Å²) in [6.07, 6.45) is 0. The minimum Gasteiger partial charge on any atom is -0.382 e. The third-order valence-corrected chi connectivity index (χ3v) is 2.70. The summed E-state index contributed by atoms with van der Waals surface area (Å²) < 4.78 is 0. The molecule has 13 heavy (non-hydrogen) atoms. The minimum absolute atomic E-state index is 0.547. The first-order valence-corrected chi connectivity index (χ1v) is 4.30. The van der Waals surface area contributed by atoms with Gasteiger partial charge in [-0.05, 0) is 19.4 Å². The summed E-state index contributed by atoms with van der Waals surface area (Å²) in [7, 11) is 0. The normalized spacial score (nSPS) is 11.0. The topological polar surface area (TPSA) is 68.8 Å². The first-order chi connectivity index (χ1) is 6.11. The molecule has 0 spiro atoms. The molecule has 0 aliphatic carbocycles. The molecule has 4 nitrogen and oxygen atoms in total. The van der Waals surface area contributed by atoms with Gasteiger partial charge in [0.2, 0.25) is 0 Å². The fourth-order valence-corrected chi connectivity index (χ4v) is 1.59. The van der Waals surface area contributed by atoms with E-state index in [0.717, 1.165) is 22.3 Å². The van der Waals surface area contributed by atoms with Crippen molar-refractivity contribution in [3.05, 3.63) is 16.3 Å². The molecular formula is C8H10ClN4+. The van der Waals surface area contributed by atoms with Crippen molar-refractivity contribution in [2.75, 3.05) is 5.73 Å². The maximum Gasteiger partial charge on any atom is 0.357 e. The quantitative estimate of drug-likeness (QED) is 0.667. The number of nitrogens with two attached hydrogens (primary N) is 1. The number of fused-ring (bicyclic) bond motifs is 1.